The summed E-state index contributed by atoms with van der Waals surface area (Å²) in [4.78, 5) is 36.6. The number of likely N-dealkylation sites (tertiary alicyclic amines) is 1. The fourth-order valence-electron chi connectivity index (χ4n) is 3.94. The van der Waals surface area contributed by atoms with Gasteiger partial charge in [0, 0.05) is 18.2 Å². The van der Waals surface area contributed by atoms with E-state index >= 15 is 0 Å². The van der Waals surface area contributed by atoms with E-state index in [-0.39, 0.29) is 5.56 Å². The molecular weight excluding hydrogens is 470 g/mol. The average Bonchev–Trinajstić information content (AvgIpc) is 3.46. The van der Waals surface area contributed by atoms with Gasteiger partial charge in [0.2, 0.25) is 11.8 Å². The average molecular weight is 492 g/mol. The Labute approximate surface area is 205 Å². The Morgan fingerprint density at radius 1 is 1.08 bits per heavy atom. The van der Waals surface area contributed by atoms with Crippen LogP contribution in [-0.4, -0.2) is 57.5 Å². The van der Waals surface area contributed by atoms with E-state index < -0.39 is 49.2 Å². The predicted molar refractivity (Wildman–Crippen MR) is 125 cm³/mol. The Morgan fingerprint density at radius 2 is 1.72 bits per heavy atom. The first-order valence-electron chi connectivity index (χ1n) is 11.0. The van der Waals surface area contributed by atoms with Crippen LogP contribution in [0.25, 0.3) is 11.1 Å². The van der Waals surface area contributed by atoms with Crippen molar-refractivity contribution in [2.24, 2.45) is 5.73 Å². The summed E-state index contributed by atoms with van der Waals surface area (Å²) in [5.41, 5.74) is 8.71. The second-order valence-electron chi connectivity index (χ2n) is 8.47. The zero-order valence-electron chi connectivity index (χ0n) is 19.0. The van der Waals surface area contributed by atoms with E-state index in [0.29, 0.717) is 12.1 Å². The number of amides is 3. The minimum absolute atomic E-state index is 0.206. The molecule has 1 aromatic heterocycles. The molecule has 2 aromatic carbocycles. The lowest BCUT2D eigenvalue weighted by Gasteiger charge is -2.19. The highest BCUT2D eigenvalue weighted by Gasteiger charge is 2.47. The van der Waals surface area contributed by atoms with Gasteiger partial charge in [-0.3, -0.25) is 19.1 Å². The number of aromatic nitrogens is 2. The molecule has 3 N–H and O–H groups in total. The normalized spacial score (nSPS) is 16.4. The summed E-state index contributed by atoms with van der Waals surface area (Å²) in [5.74, 6) is -4.93. The van der Waals surface area contributed by atoms with E-state index in [0.717, 1.165) is 21.6 Å². The van der Waals surface area contributed by atoms with Crippen LogP contribution in [0.1, 0.15) is 32.7 Å². The van der Waals surface area contributed by atoms with Crippen LogP contribution in [0.4, 0.5) is 8.78 Å². The number of benzene rings is 2. The summed E-state index contributed by atoms with van der Waals surface area (Å²) in [6, 6.07) is 15.1. The fourth-order valence-corrected chi connectivity index (χ4v) is 3.94. The largest absolute Gasteiger partial charge is 0.366 e. The molecule has 1 atom stereocenters. The topological polar surface area (TPSA) is 134 Å². The fraction of sp³-hybridized carbons (Fsp3) is 0.240. The van der Waals surface area contributed by atoms with Gasteiger partial charge in [-0.05, 0) is 28.8 Å². The van der Waals surface area contributed by atoms with Crippen molar-refractivity contribution in [1.29, 1.82) is 5.26 Å². The number of nitriles is 1. The van der Waals surface area contributed by atoms with Crippen LogP contribution >= 0.6 is 0 Å². The molecule has 0 spiro atoms. The van der Waals surface area contributed by atoms with Gasteiger partial charge < -0.3 is 16.0 Å². The van der Waals surface area contributed by atoms with Crippen LogP contribution in [0.15, 0.2) is 60.9 Å². The Morgan fingerprint density at radius 3 is 2.33 bits per heavy atom. The molecule has 0 radical (unpaired) electrons. The van der Waals surface area contributed by atoms with Crippen LogP contribution < -0.4 is 11.1 Å². The Bertz CT molecular complexity index is 1330. The summed E-state index contributed by atoms with van der Waals surface area (Å²) >= 11 is 0. The summed E-state index contributed by atoms with van der Waals surface area (Å²) in [6.45, 7) is -0.949. The number of hydrogen-bond donors (Lipinski definition) is 2. The molecule has 0 unspecified atom stereocenters. The minimum Gasteiger partial charge on any atom is -0.366 e. The van der Waals surface area contributed by atoms with E-state index in [2.05, 4.69) is 10.4 Å². The van der Waals surface area contributed by atoms with Gasteiger partial charge in [0.1, 0.15) is 6.04 Å². The number of carbonyl (C=O) groups excluding carboxylic acids is 3. The molecule has 2 heterocycles. The summed E-state index contributed by atoms with van der Waals surface area (Å²) in [6.07, 6.45) is 2.15. The summed E-state index contributed by atoms with van der Waals surface area (Å²) < 4.78 is 28.6. The molecule has 0 aliphatic carbocycles. The Kier molecular flexibility index (Phi) is 6.78. The predicted octanol–water partition coefficient (Wildman–Crippen LogP) is 2.19. The maximum absolute atomic E-state index is 13.5. The molecule has 1 fully saturated rings. The zero-order valence-corrected chi connectivity index (χ0v) is 19.0. The van der Waals surface area contributed by atoms with Crippen molar-refractivity contribution in [3.8, 4) is 17.2 Å². The van der Waals surface area contributed by atoms with E-state index in [1.54, 1.807) is 22.9 Å². The third-order valence-electron chi connectivity index (χ3n) is 5.84. The van der Waals surface area contributed by atoms with Crippen LogP contribution in [0.5, 0.6) is 0 Å². The molecule has 9 nitrogen and oxygen atoms in total. The van der Waals surface area contributed by atoms with Crippen LogP contribution in [-0.2, 0) is 11.3 Å². The van der Waals surface area contributed by atoms with Crippen molar-refractivity contribution in [1.82, 2.24) is 20.0 Å². The number of halogens is 2. The number of hydrogen-bond acceptors (Lipinski definition) is 5. The van der Waals surface area contributed by atoms with Gasteiger partial charge in [0.05, 0.1) is 37.5 Å². The quantitative estimate of drug-likeness (QED) is 0.522. The second kappa shape index (κ2) is 9.95. The van der Waals surface area contributed by atoms with Gasteiger partial charge in [-0.15, -0.1) is 0 Å². The molecule has 1 aliphatic rings. The lowest BCUT2D eigenvalue weighted by atomic mass is 10.0. The third-order valence-corrected chi connectivity index (χ3v) is 5.84. The Balaban J connectivity index is 1.32. The van der Waals surface area contributed by atoms with Crippen molar-refractivity contribution < 1.29 is 23.2 Å². The van der Waals surface area contributed by atoms with Crippen molar-refractivity contribution in [3.63, 3.8) is 0 Å². The maximum Gasteiger partial charge on any atom is 0.268 e. The van der Waals surface area contributed by atoms with E-state index in [9.17, 15) is 23.2 Å². The molecule has 11 heteroatoms. The van der Waals surface area contributed by atoms with Gasteiger partial charge in [0.15, 0.2) is 0 Å². The first kappa shape index (κ1) is 24.5. The van der Waals surface area contributed by atoms with Crippen molar-refractivity contribution >= 4 is 17.7 Å². The monoisotopic (exact) mass is 492 g/mol. The summed E-state index contributed by atoms with van der Waals surface area (Å²) in [7, 11) is 0. The number of carbonyl (C=O) groups is 3. The maximum atomic E-state index is 13.5. The zero-order chi connectivity index (χ0) is 25.9. The molecule has 1 saturated heterocycles. The van der Waals surface area contributed by atoms with Crippen molar-refractivity contribution in [2.75, 3.05) is 13.1 Å². The van der Waals surface area contributed by atoms with Crippen molar-refractivity contribution in [3.05, 3.63) is 77.6 Å². The first-order valence-corrected chi connectivity index (χ1v) is 11.0. The number of primary amides is 1. The lowest BCUT2D eigenvalue weighted by Crippen LogP contribution is -2.42. The number of nitrogens with zero attached hydrogens (tertiary/aromatic N) is 4. The van der Waals surface area contributed by atoms with Crippen molar-refractivity contribution in [2.45, 2.75) is 24.9 Å². The van der Waals surface area contributed by atoms with E-state index in [1.165, 1.54) is 12.4 Å². The summed E-state index contributed by atoms with van der Waals surface area (Å²) in [5, 5.41) is 15.6. The molecule has 1 aliphatic heterocycles. The highest BCUT2D eigenvalue weighted by Crippen LogP contribution is 2.31. The lowest BCUT2D eigenvalue weighted by molar-refractivity contribution is -0.131. The smallest absolute Gasteiger partial charge is 0.268 e. The van der Waals surface area contributed by atoms with Gasteiger partial charge in [-0.1, -0.05) is 36.4 Å². The molecule has 3 aromatic rings. The van der Waals surface area contributed by atoms with E-state index in [1.807, 2.05) is 36.4 Å². The molecule has 184 valence electrons. The minimum atomic E-state index is -3.12. The van der Waals surface area contributed by atoms with Gasteiger partial charge in [-0.25, -0.2) is 8.78 Å². The highest BCUT2D eigenvalue weighted by molar-refractivity contribution is 5.96. The number of rotatable bonds is 7. The first-order chi connectivity index (χ1) is 17.1. The molecule has 0 bridgehead atoms. The third kappa shape index (κ3) is 5.55. The van der Waals surface area contributed by atoms with E-state index in [4.69, 9.17) is 11.0 Å². The Hall–Kier alpha value is -4.59. The number of nitrogens with one attached hydrogen (secondary N) is 1. The standard InChI is InChI=1S/C25H22F2N6O3/c26-25(27)9-21(10-28)33(15-25)22(34)12-30-24(36)20-11-31-32(14-20)13-16-1-3-17(4-2-16)18-5-7-19(8-6-18)23(29)35/h1-8,11,14,21H,9,12-13,15H2,(H2,29,35)(H,30,36)/t21-/m0/s1. The number of alkyl halides is 2. The van der Waals surface area contributed by atoms with Gasteiger partial charge in [-0.2, -0.15) is 10.4 Å². The second-order valence-corrected chi connectivity index (χ2v) is 8.47. The van der Waals surface area contributed by atoms with Crippen LogP contribution in [0, 0.1) is 11.3 Å². The molecule has 3 amide bonds. The highest BCUT2D eigenvalue weighted by atomic mass is 19.3. The molecular formula is C25H22F2N6O3. The van der Waals surface area contributed by atoms with Gasteiger partial charge >= 0.3 is 0 Å². The SMILES string of the molecule is N#C[C@@H]1CC(F)(F)CN1C(=O)CNC(=O)c1cnn(Cc2ccc(-c3ccc(C(N)=O)cc3)cc2)c1. The molecule has 36 heavy (non-hydrogen) atoms. The molecule has 4 rings (SSSR count). The number of nitrogens with two attached hydrogens (primary N) is 1. The van der Waals surface area contributed by atoms with Crippen LogP contribution in [0.2, 0.25) is 0 Å². The molecule has 0 saturated carbocycles. The van der Waals surface area contributed by atoms with Gasteiger partial charge in [0.25, 0.3) is 11.8 Å². The van der Waals surface area contributed by atoms with Crippen LogP contribution in [0.3, 0.4) is 0 Å².